The number of likely N-dealkylation sites (N-methyl/N-ethyl adjacent to an activating group) is 1. The molecule has 1 aromatic rings. The van der Waals surface area contributed by atoms with Gasteiger partial charge in [-0.25, -0.2) is 0 Å². The molecule has 0 bridgehead atoms. The average molecular weight is 253 g/mol. The first-order valence-electron chi connectivity index (χ1n) is 6.85. The number of nitrogens with one attached hydrogen (secondary N) is 1. The quantitative estimate of drug-likeness (QED) is 0.808. The fourth-order valence-corrected chi connectivity index (χ4v) is 2.46. The van der Waals surface area contributed by atoms with Gasteiger partial charge in [-0.3, -0.25) is 0 Å². The van der Waals surface area contributed by atoms with E-state index < -0.39 is 0 Å². The molecule has 0 radical (unpaired) electrons. The van der Waals surface area contributed by atoms with E-state index >= 15 is 0 Å². The van der Waals surface area contributed by atoms with Crippen LogP contribution in [0.15, 0.2) is 0 Å². The minimum absolute atomic E-state index is 0.377. The topological polar surface area (TPSA) is 64.9 Å². The summed E-state index contributed by atoms with van der Waals surface area (Å²) in [5.41, 5.74) is 0. The monoisotopic (exact) mass is 253 g/mol. The number of ether oxygens (including phenoxy) is 1. The van der Waals surface area contributed by atoms with Crippen LogP contribution in [-0.4, -0.2) is 45.5 Å². The zero-order valence-electron chi connectivity index (χ0n) is 11.3. The number of rotatable bonds is 6. The number of tetrazole rings is 1. The molecule has 6 nitrogen and oxygen atoms in total. The molecule has 1 saturated heterocycles. The third kappa shape index (κ3) is 4.03. The van der Waals surface area contributed by atoms with Gasteiger partial charge in [0.25, 0.3) is 0 Å². The van der Waals surface area contributed by atoms with Crippen LogP contribution in [0.1, 0.15) is 38.4 Å². The summed E-state index contributed by atoms with van der Waals surface area (Å²) in [6.45, 7) is 3.99. The Hall–Kier alpha value is -1.01. The van der Waals surface area contributed by atoms with E-state index in [4.69, 9.17) is 4.74 Å². The standard InChI is InChI=1S/C12H23N5O/c1-3-13-10(8-11-6-4-5-7-18-11)9-12-14-16-17(2)15-12/h10-11,13H,3-9H2,1-2H3. The van der Waals surface area contributed by atoms with Crippen molar-refractivity contribution in [2.24, 2.45) is 7.05 Å². The van der Waals surface area contributed by atoms with Gasteiger partial charge in [0.05, 0.1) is 13.2 Å². The lowest BCUT2D eigenvalue weighted by Crippen LogP contribution is -2.36. The molecule has 0 aromatic carbocycles. The van der Waals surface area contributed by atoms with E-state index in [1.807, 2.05) is 0 Å². The van der Waals surface area contributed by atoms with Gasteiger partial charge in [0, 0.05) is 19.1 Å². The molecule has 2 atom stereocenters. The van der Waals surface area contributed by atoms with E-state index in [1.165, 1.54) is 24.1 Å². The Morgan fingerprint density at radius 3 is 3.00 bits per heavy atom. The first-order valence-corrected chi connectivity index (χ1v) is 6.85. The normalized spacial score (nSPS) is 22.0. The van der Waals surface area contributed by atoms with Crippen LogP contribution < -0.4 is 5.32 Å². The van der Waals surface area contributed by atoms with Gasteiger partial charge in [0.15, 0.2) is 5.82 Å². The molecule has 102 valence electrons. The SMILES string of the molecule is CCNC(Cc1nnn(C)n1)CC1CCCCO1. The van der Waals surface area contributed by atoms with Crippen molar-refractivity contribution >= 4 is 0 Å². The molecule has 2 unspecified atom stereocenters. The first kappa shape index (κ1) is 13.4. The highest BCUT2D eigenvalue weighted by Gasteiger charge is 2.20. The predicted octanol–water partition coefficient (Wildman–Crippen LogP) is 0.690. The van der Waals surface area contributed by atoms with Crippen molar-refractivity contribution in [2.45, 2.75) is 51.2 Å². The maximum absolute atomic E-state index is 5.80. The van der Waals surface area contributed by atoms with Crippen LogP contribution in [0.25, 0.3) is 0 Å². The molecule has 1 fully saturated rings. The second-order valence-corrected chi connectivity index (χ2v) is 4.88. The molecule has 0 spiro atoms. The maximum Gasteiger partial charge on any atom is 0.176 e. The Labute approximate surface area is 108 Å². The molecule has 18 heavy (non-hydrogen) atoms. The molecule has 1 aliphatic heterocycles. The molecule has 2 rings (SSSR count). The number of nitrogens with zero attached hydrogens (tertiary/aromatic N) is 4. The molecule has 2 heterocycles. The Morgan fingerprint density at radius 1 is 1.50 bits per heavy atom. The molecule has 1 aliphatic rings. The summed E-state index contributed by atoms with van der Waals surface area (Å²) in [5, 5.41) is 15.7. The second-order valence-electron chi connectivity index (χ2n) is 4.88. The summed E-state index contributed by atoms with van der Waals surface area (Å²) in [6.07, 6.45) is 5.91. The fourth-order valence-electron chi connectivity index (χ4n) is 2.46. The van der Waals surface area contributed by atoms with E-state index in [1.54, 1.807) is 7.05 Å². The zero-order valence-corrected chi connectivity index (χ0v) is 11.3. The van der Waals surface area contributed by atoms with Crippen molar-refractivity contribution in [3.63, 3.8) is 0 Å². The summed E-state index contributed by atoms with van der Waals surface area (Å²) in [5.74, 6) is 0.805. The summed E-state index contributed by atoms with van der Waals surface area (Å²) >= 11 is 0. The van der Waals surface area contributed by atoms with Gasteiger partial charge in [0.1, 0.15) is 0 Å². The maximum atomic E-state index is 5.80. The summed E-state index contributed by atoms with van der Waals surface area (Å²) in [4.78, 5) is 1.51. The van der Waals surface area contributed by atoms with E-state index in [9.17, 15) is 0 Å². The molecule has 0 amide bonds. The molecular weight excluding hydrogens is 230 g/mol. The van der Waals surface area contributed by atoms with Crippen molar-refractivity contribution in [1.29, 1.82) is 0 Å². The largest absolute Gasteiger partial charge is 0.378 e. The Bertz CT molecular complexity index is 348. The van der Waals surface area contributed by atoms with Crippen molar-refractivity contribution in [1.82, 2.24) is 25.5 Å². The Kier molecular flexibility index (Phi) is 5.07. The van der Waals surface area contributed by atoms with Gasteiger partial charge in [-0.15, -0.1) is 10.2 Å². The molecule has 6 heteroatoms. The predicted molar refractivity (Wildman–Crippen MR) is 68.2 cm³/mol. The van der Waals surface area contributed by atoms with Gasteiger partial charge in [0.2, 0.25) is 0 Å². The Balaban J connectivity index is 1.86. The van der Waals surface area contributed by atoms with E-state index in [0.29, 0.717) is 12.1 Å². The van der Waals surface area contributed by atoms with E-state index in [2.05, 4.69) is 27.7 Å². The van der Waals surface area contributed by atoms with E-state index in [-0.39, 0.29) is 0 Å². The second kappa shape index (κ2) is 6.80. The van der Waals surface area contributed by atoms with Crippen LogP contribution in [0.5, 0.6) is 0 Å². The van der Waals surface area contributed by atoms with Gasteiger partial charge in [-0.1, -0.05) is 6.92 Å². The summed E-state index contributed by atoms with van der Waals surface area (Å²) < 4.78 is 5.80. The number of hydrogen-bond donors (Lipinski definition) is 1. The lowest BCUT2D eigenvalue weighted by atomic mass is 9.99. The number of hydrogen-bond acceptors (Lipinski definition) is 5. The lowest BCUT2D eigenvalue weighted by molar-refractivity contribution is 0.00524. The molecule has 0 aliphatic carbocycles. The number of aryl methyl sites for hydroxylation is 1. The third-order valence-corrected chi connectivity index (χ3v) is 3.29. The van der Waals surface area contributed by atoms with Crippen molar-refractivity contribution < 1.29 is 4.74 Å². The highest BCUT2D eigenvalue weighted by Crippen LogP contribution is 2.18. The molecular formula is C12H23N5O. The summed E-state index contributed by atoms with van der Waals surface area (Å²) in [6, 6.07) is 0.377. The van der Waals surface area contributed by atoms with Gasteiger partial charge in [-0.05, 0) is 37.4 Å². The van der Waals surface area contributed by atoms with Crippen molar-refractivity contribution in [2.75, 3.05) is 13.2 Å². The van der Waals surface area contributed by atoms with Gasteiger partial charge in [-0.2, -0.15) is 4.80 Å². The highest BCUT2D eigenvalue weighted by atomic mass is 16.5. The van der Waals surface area contributed by atoms with E-state index in [0.717, 1.165) is 31.8 Å². The van der Waals surface area contributed by atoms with Crippen LogP contribution >= 0.6 is 0 Å². The molecule has 0 saturated carbocycles. The van der Waals surface area contributed by atoms with Gasteiger partial charge < -0.3 is 10.1 Å². The van der Waals surface area contributed by atoms with Crippen molar-refractivity contribution in [3.05, 3.63) is 5.82 Å². The molecule has 1 aromatic heterocycles. The lowest BCUT2D eigenvalue weighted by Gasteiger charge is -2.26. The highest BCUT2D eigenvalue weighted by molar-refractivity contribution is 4.86. The fraction of sp³-hybridized carbons (Fsp3) is 0.917. The summed E-state index contributed by atoms with van der Waals surface area (Å²) in [7, 11) is 1.79. The van der Waals surface area contributed by atoms with Crippen LogP contribution in [0.4, 0.5) is 0 Å². The average Bonchev–Trinajstić information content (AvgIpc) is 2.76. The van der Waals surface area contributed by atoms with Crippen LogP contribution in [0.2, 0.25) is 0 Å². The van der Waals surface area contributed by atoms with Crippen LogP contribution in [0.3, 0.4) is 0 Å². The van der Waals surface area contributed by atoms with Crippen molar-refractivity contribution in [3.8, 4) is 0 Å². The van der Waals surface area contributed by atoms with Gasteiger partial charge >= 0.3 is 0 Å². The number of aromatic nitrogens is 4. The first-order chi connectivity index (χ1) is 8.78. The smallest absolute Gasteiger partial charge is 0.176 e. The minimum atomic E-state index is 0.377. The molecule has 1 N–H and O–H groups in total. The van der Waals surface area contributed by atoms with Crippen LogP contribution in [-0.2, 0) is 18.2 Å². The zero-order chi connectivity index (χ0) is 12.8. The Morgan fingerprint density at radius 2 is 2.39 bits per heavy atom. The van der Waals surface area contributed by atoms with Crippen LogP contribution in [0, 0.1) is 0 Å². The minimum Gasteiger partial charge on any atom is -0.378 e. The third-order valence-electron chi connectivity index (χ3n) is 3.29.